The molecule has 0 aliphatic heterocycles. The van der Waals surface area contributed by atoms with Crippen LogP contribution in [-0.2, 0) is 24.4 Å². The number of hydrogen-bond acceptors (Lipinski definition) is 3. The third-order valence-electron chi connectivity index (χ3n) is 3.85. The number of halogens is 1. The van der Waals surface area contributed by atoms with Crippen molar-refractivity contribution in [3.8, 4) is 0 Å². The maximum absolute atomic E-state index is 12.4. The van der Waals surface area contributed by atoms with Gasteiger partial charge in [-0.3, -0.25) is 4.79 Å². The fraction of sp³-hybridized carbons (Fsp3) is 0.211. The first-order chi connectivity index (χ1) is 12.2. The number of carbonyl (C=O) groups is 1. The highest BCUT2D eigenvalue weighted by Crippen LogP contribution is 2.14. The van der Waals surface area contributed by atoms with Crippen LogP contribution >= 0.6 is 22.9 Å². The summed E-state index contributed by atoms with van der Waals surface area (Å²) in [5.41, 5.74) is 0.920. The molecule has 6 heteroatoms. The number of furan rings is 1. The number of thiophene rings is 1. The Morgan fingerprint density at radius 3 is 2.72 bits per heavy atom. The molecule has 2 heterocycles. The molecule has 1 atom stereocenters. The zero-order chi connectivity index (χ0) is 17.5. The van der Waals surface area contributed by atoms with Gasteiger partial charge in [0.25, 0.3) is 5.91 Å². The minimum absolute atomic E-state index is 0.00182. The Labute approximate surface area is 156 Å². The number of quaternary nitrogens is 1. The topological polar surface area (TPSA) is 46.7 Å². The van der Waals surface area contributed by atoms with Gasteiger partial charge in [-0.2, -0.15) is 0 Å². The van der Waals surface area contributed by atoms with E-state index in [0.717, 1.165) is 22.8 Å². The fourth-order valence-corrected chi connectivity index (χ4v) is 3.61. The van der Waals surface area contributed by atoms with Gasteiger partial charge >= 0.3 is 0 Å². The van der Waals surface area contributed by atoms with Gasteiger partial charge in [-0.15, -0.1) is 11.3 Å². The van der Waals surface area contributed by atoms with E-state index < -0.39 is 0 Å². The molecular weight excluding hydrogens is 356 g/mol. The Morgan fingerprint density at radius 2 is 2.00 bits per heavy atom. The molecule has 0 aliphatic carbocycles. The average Bonchev–Trinajstić information content (AvgIpc) is 3.28. The van der Waals surface area contributed by atoms with E-state index in [1.165, 1.54) is 4.88 Å². The van der Waals surface area contributed by atoms with E-state index in [2.05, 4.69) is 16.8 Å². The first-order valence-corrected chi connectivity index (χ1v) is 9.35. The van der Waals surface area contributed by atoms with Crippen molar-refractivity contribution in [2.45, 2.75) is 19.6 Å². The molecule has 0 spiro atoms. The van der Waals surface area contributed by atoms with E-state index in [0.29, 0.717) is 24.7 Å². The van der Waals surface area contributed by atoms with Crippen molar-refractivity contribution in [3.63, 3.8) is 0 Å². The van der Waals surface area contributed by atoms with Gasteiger partial charge in [0.2, 0.25) is 0 Å². The third kappa shape index (κ3) is 5.46. The van der Waals surface area contributed by atoms with Gasteiger partial charge in [0.1, 0.15) is 13.1 Å². The summed E-state index contributed by atoms with van der Waals surface area (Å²) in [6, 6.07) is 15.5. The van der Waals surface area contributed by atoms with Crippen molar-refractivity contribution in [3.05, 3.63) is 81.4 Å². The second-order valence-electron chi connectivity index (χ2n) is 5.81. The van der Waals surface area contributed by atoms with Crippen LogP contribution in [0, 0.1) is 0 Å². The molecule has 1 aromatic carbocycles. The van der Waals surface area contributed by atoms with Crippen LogP contribution in [0.4, 0.5) is 0 Å². The molecule has 0 saturated carbocycles. The normalized spacial score (nSPS) is 12.0. The van der Waals surface area contributed by atoms with Crippen molar-refractivity contribution >= 4 is 28.8 Å². The van der Waals surface area contributed by atoms with E-state index in [4.69, 9.17) is 16.0 Å². The minimum atomic E-state index is -0.00182. The number of hydrogen-bond donors (Lipinski definition) is 2. The molecule has 0 saturated heterocycles. The first-order valence-electron chi connectivity index (χ1n) is 8.09. The zero-order valence-electron chi connectivity index (χ0n) is 13.7. The summed E-state index contributed by atoms with van der Waals surface area (Å²) in [7, 11) is 0. The van der Waals surface area contributed by atoms with Crippen molar-refractivity contribution < 1.29 is 14.1 Å². The molecular formula is C19H20ClN2O2S+. The Balaban J connectivity index is 1.58. The predicted octanol–water partition coefficient (Wildman–Crippen LogP) is 2.90. The zero-order valence-corrected chi connectivity index (χ0v) is 15.3. The van der Waals surface area contributed by atoms with E-state index in [9.17, 15) is 4.79 Å². The number of carbonyl (C=O) groups excluding carboxylic acids is 1. The van der Waals surface area contributed by atoms with Gasteiger partial charge in [0.05, 0.1) is 11.1 Å². The smallest absolute Gasteiger partial charge is 0.275 e. The number of rotatable bonds is 8. The lowest BCUT2D eigenvalue weighted by atomic mass is 10.2. The lowest BCUT2D eigenvalue weighted by Gasteiger charge is -2.17. The molecule has 0 aliphatic rings. The van der Waals surface area contributed by atoms with Crippen molar-refractivity contribution in [1.29, 1.82) is 0 Å². The van der Waals surface area contributed by atoms with E-state index in [1.54, 1.807) is 17.6 Å². The highest BCUT2D eigenvalue weighted by molar-refractivity contribution is 7.09. The van der Waals surface area contributed by atoms with Gasteiger partial charge in [-0.25, -0.2) is 0 Å². The Morgan fingerprint density at radius 1 is 1.12 bits per heavy atom. The highest BCUT2D eigenvalue weighted by Gasteiger charge is 2.17. The number of benzene rings is 1. The van der Waals surface area contributed by atoms with Gasteiger partial charge in [0.15, 0.2) is 12.3 Å². The number of amides is 1. The maximum Gasteiger partial charge on any atom is 0.275 e. The summed E-state index contributed by atoms with van der Waals surface area (Å²) in [6.07, 6.45) is 1.66. The Bertz CT molecular complexity index is 751. The van der Waals surface area contributed by atoms with Crippen LogP contribution < -0.4 is 10.2 Å². The van der Waals surface area contributed by atoms with Crippen molar-refractivity contribution in [1.82, 2.24) is 5.32 Å². The molecule has 1 amide bonds. The van der Waals surface area contributed by atoms with E-state index in [1.807, 2.05) is 42.5 Å². The second kappa shape index (κ2) is 8.85. The van der Waals surface area contributed by atoms with Crippen LogP contribution in [0.5, 0.6) is 0 Å². The molecule has 4 nitrogen and oxygen atoms in total. The SMILES string of the molecule is O=C(C[NH+](Cc1ccco1)Cc1cccs1)NCc1ccccc1Cl. The van der Waals surface area contributed by atoms with Crippen LogP contribution in [0.3, 0.4) is 0 Å². The molecule has 0 bridgehead atoms. The molecule has 0 radical (unpaired) electrons. The van der Waals surface area contributed by atoms with Crippen LogP contribution in [0.25, 0.3) is 0 Å². The largest absolute Gasteiger partial charge is 0.463 e. The van der Waals surface area contributed by atoms with Crippen LogP contribution in [0.2, 0.25) is 5.02 Å². The van der Waals surface area contributed by atoms with Gasteiger partial charge in [-0.05, 0) is 35.2 Å². The third-order valence-corrected chi connectivity index (χ3v) is 5.10. The minimum Gasteiger partial charge on any atom is -0.463 e. The molecule has 25 heavy (non-hydrogen) atoms. The van der Waals surface area contributed by atoms with Gasteiger partial charge in [0, 0.05) is 11.6 Å². The second-order valence-corrected chi connectivity index (χ2v) is 7.25. The van der Waals surface area contributed by atoms with E-state index in [-0.39, 0.29) is 5.91 Å². The number of nitrogens with one attached hydrogen (secondary N) is 2. The Kier molecular flexibility index (Phi) is 6.28. The molecule has 1 unspecified atom stereocenters. The summed E-state index contributed by atoms with van der Waals surface area (Å²) in [5.74, 6) is 0.878. The van der Waals surface area contributed by atoms with Gasteiger partial charge in [-0.1, -0.05) is 35.9 Å². The molecule has 2 N–H and O–H groups in total. The quantitative estimate of drug-likeness (QED) is 0.636. The van der Waals surface area contributed by atoms with E-state index >= 15 is 0 Å². The molecule has 0 fully saturated rings. The van der Waals surface area contributed by atoms with Gasteiger partial charge < -0.3 is 14.6 Å². The average molecular weight is 376 g/mol. The lowest BCUT2D eigenvalue weighted by Crippen LogP contribution is -3.10. The molecule has 3 rings (SSSR count). The fourth-order valence-electron chi connectivity index (χ4n) is 2.63. The predicted molar refractivity (Wildman–Crippen MR) is 99.6 cm³/mol. The van der Waals surface area contributed by atoms with Crippen molar-refractivity contribution in [2.24, 2.45) is 0 Å². The van der Waals surface area contributed by atoms with Crippen LogP contribution in [0.1, 0.15) is 16.2 Å². The highest BCUT2D eigenvalue weighted by atomic mass is 35.5. The van der Waals surface area contributed by atoms with Crippen molar-refractivity contribution in [2.75, 3.05) is 6.54 Å². The standard InChI is InChI=1S/C19H19ClN2O2S/c20-18-8-2-1-5-15(18)11-21-19(23)14-22(12-16-6-3-9-24-16)13-17-7-4-10-25-17/h1-10H,11-14H2,(H,21,23)/p+1. The maximum atomic E-state index is 12.4. The summed E-state index contributed by atoms with van der Waals surface area (Å²) < 4.78 is 5.44. The van der Waals surface area contributed by atoms with Crippen LogP contribution in [-0.4, -0.2) is 12.5 Å². The lowest BCUT2D eigenvalue weighted by molar-refractivity contribution is -0.920. The summed E-state index contributed by atoms with van der Waals surface area (Å²) in [5, 5.41) is 5.68. The monoisotopic (exact) mass is 375 g/mol. The molecule has 130 valence electrons. The Hall–Kier alpha value is -2.08. The summed E-state index contributed by atoms with van der Waals surface area (Å²) >= 11 is 7.84. The summed E-state index contributed by atoms with van der Waals surface area (Å²) in [6.45, 7) is 2.27. The van der Waals surface area contributed by atoms with Crippen LogP contribution in [0.15, 0.2) is 64.6 Å². The first kappa shape index (κ1) is 17.7. The molecule has 2 aromatic heterocycles. The molecule has 3 aromatic rings. The summed E-state index contributed by atoms with van der Waals surface area (Å²) in [4.78, 5) is 14.8.